The number of anilines is 1. The average Bonchev–Trinajstić information content (AvgIpc) is 2.72. The number of hydrogen-bond acceptors (Lipinski definition) is 4. The summed E-state index contributed by atoms with van der Waals surface area (Å²) in [7, 11) is 0. The molecule has 0 aromatic heterocycles. The van der Waals surface area contributed by atoms with Crippen molar-refractivity contribution in [1.82, 2.24) is 9.80 Å². The highest BCUT2D eigenvalue weighted by Gasteiger charge is 2.21. The van der Waals surface area contributed by atoms with Crippen LogP contribution in [0.2, 0.25) is 5.02 Å². The van der Waals surface area contributed by atoms with Crippen LogP contribution >= 0.6 is 23.4 Å². The molecule has 0 radical (unpaired) electrons. The van der Waals surface area contributed by atoms with Crippen LogP contribution in [-0.2, 0) is 16.1 Å². The molecule has 5 nitrogen and oxygen atoms in total. The minimum absolute atomic E-state index is 0.0516. The Hall–Kier alpha value is -2.09. The van der Waals surface area contributed by atoms with Crippen LogP contribution in [0.4, 0.5) is 10.1 Å². The van der Waals surface area contributed by atoms with E-state index in [1.807, 2.05) is 29.2 Å². The van der Waals surface area contributed by atoms with Crippen LogP contribution in [0.25, 0.3) is 0 Å². The molecule has 29 heavy (non-hydrogen) atoms. The van der Waals surface area contributed by atoms with Crippen molar-refractivity contribution >= 4 is 40.9 Å². The van der Waals surface area contributed by atoms with Crippen molar-refractivity contribution in [1.29, 1.82) is 0 Å². The fraction of sp³-hybridized carbons (Fsp3) is 0.333. The molecule has 0 saturated carbocycles. The Morgan fingerprint density at radius 2 is 1.62 bits per heavy atom. The molecule has 1 N–H and O–H groups in total. The van der Waals surface area contributed by atoms with Crippen molar-refractivity contribution in [2.45, 2.75) is 6.54 Å². The van der Waals surface area contributed by atoms with Gasteiger partial charge in [0.1, 0.15) is 5.82 Å². The summed E-state index contributed by atoms with van der Waals surface area (Å²) >= 11 is 7.20. The van der Waals surface area contributed by atoms with Crippen LogP contribution in [0.1, 0.15) is 5.56 Å². The second kappa shape index (κ2) is 10.6. The first kappa shape index (κ1) is 21.6. The lowest BCUT2D eigenvalue weighted by atomic mass is 10.2. The van der Waals surface area contributed by atoms with E-state index in [1.54, 1.807) is 0 Å². The number of hydrogen-bond donors (Lipinski definition) is 1. The average molecular weight is 436 g/mol. The zero-order valence-corrected chi connectivity index (χ0v) is 17.5. The Morgan fingerprint density at radius 3 is 2.28 bits per heavy atom. The summed E-state index contributed by atoms with van der Waals surface area (Å²) in [5.74, 6) is -0.0534. The molecule has 154 valence electrons. The van der Waals surface area contributed by atoms with Gasteiger partial charge in [0.25, 0.3) is 0 Å². The van der Waals surface area contributed by atoms with Crippen molar-refractivity contribution in [3.8, 4) is 0 Å². The summed E-state index contributed by atoms with van der Waals surface area (Å²) in [5.41, 5.74) is 1.75. The molecule has 0 spiro atoms. The fourth-order valence-electron chi connectivity index (χ4n) is 3.06. The number of rotatable bonds is 7. The number of carbonyl (C=O) groups excluding carboxylic acids is 2. The second-order valence-corrected chi connectivity index (χ2v) is 8.25. The van der Waals surface area contributed by atoms with E-state index in [0.717, 1.165) is 24.7 Å². The fourth-order valence-corrected chi connectivity index (χ4v) is 3.90. The smallest absolute Gasteiger partial charge is 0.234 e. The molecule has 0 atom stereocenters. The molecule has 2 aromatic carbocycles. The number of carbonyl (C=O) groups is 2. The van der Waals surface area contributed by atoms with E-state index < -0.39 is 0 Å². The molecule has 1 aliphatic rings. The van der Waals surface area contributed by atoms with Gasteiger partial charge in [-0.15, -0.1) is 11.8 Å². The maximum Gasteiger partial charge on any atom is 0.234 e. The molecule has 2 aromatic rings. The molecule has 1 heterocycles. The van der Waals surface area contributed by atoms with Gasteiger partial charge in [0.2, 0.25) is 11.8 Å². The van der Waals surface area contributed by atoms with E-state index in [0.29, 0.717) is 18.8 Å². The summed E-state index contributed by atoms with van der Waals surface area (Å²) in [5, 5.41) is 3.42. The van der Waals surface area contributed by atoms with Crippen molar-refractivity contribution < 1.29 is 14.0 Å². The third-order valence-electron chi connectivity index (χ3n) is 4.63. The summed E-state index contributed by atoms with van der Waals surface area (Å²) in [6.45, 7) is 3.87. The topological polar surface area (TPSA) is 52.7 Å². The van der Waals surface area contributed by atoms with Crippen LogP contribution in [-0.4, -0.2) is 59.3 Å². The van der Waals surface area contributed by atoms with Gasteiger partial charge in [0, 0.05) is 43.4 Å². The van der Waals surface area contributed by atoms with Crippen molar-refractivity contribution in [2.24, 2.45) is 0 Å². The predicted molar refractivity (Wildman–Crippen MR) is 116 cm³/mol. The Morgan fingerprint density at radius 1 is 0.966 bits per heavy atom. The van der Waals surface area contributed by atoms with Crippen molar-refractivity contribution in [3.05, 3.63) is 64.9 Å². The Kier molecular flexibility index (Phi) is 7.91. The highest BCUT2D eigenvalue weighted by atomic mass is 35.5. The van der Waals surface area contributed by atoms with Crippen LogP contribution in [0, 0.1) is 5.82 Å². The molecule has 1 saturated heterocycles. The van der Waals surface area contributed by atoms with Crippen LogP contribution < -0.4 is 5.32 Å². The van der Waals surface area contributed by atoms with Gasteiger partial charge in [-0.3, -0.25) is 14.5 Å². The van der Waals surface area contributed by atoms with E-state index in [9.17, 15) is 14.0 Å². The van der Waals surface area contributed by atoms with Gasteiger partial charge >= 0.3 is 0 Å². The quantitative estimate of drug-likeness (QED) is 0.723. The lowest BCUT2D eigenvalue weighted by molar-refractivity contribution is -0.130. The Bertz CT molecular complexity index is 825. The standard InChI is InChI=1S/C21H23ClFN3O2S/c22-17-3-1-16(2-4-17)13-25-9-11-26(12-10-25)21(28)15-29-14-20(27)24-19-7-5-18(23)6-8-19/h1-8H,9-15H2,(H,24,27). The third kappa shape index (κ3) is 7.03. The maximum absolute atomic E-state index is 12.9. The first-order valence-corrected chi connectivity index (χ1v) is 10.9. The largest absolute Gasteiger partial charge is 0.339 e. The van der Waals surface area contributed by atoms with Gasteiger partial charge < -0.3 is 10.2 Å². The van der Waals surface area contributed by atoms with Gasteiger partial charge in [-0.2, -0.15) is 0 Å². The van der Waals surface area contributed by atoms with Gasteiger partial charge in [-0.1, -0.05) is 23.7 Å². The molecule has 0 aliphatic carbocycles. The zero-order chi connectivity index (χ0) is 20.6. The first-order valence-electron chi connectivity index (χ1n) is 9.37. The number of halogens is 2. The minimum atomic E-state index is -0.351. The number of thioether (sulfide) groups is 1. The molecule has 0 bridgehead atoms. The number of nitrogens with one attached hydrogen (secondary N) is 1. The summed E-state index contributed by atoms with van der Waals surface area (Å²) in [6.07, 6.45) is 0. The molecule has 8 heteroatoms. The summed E-state index contributed by atoms with van der Waals surface area (Å²) in [6, 6.07) is 13.4. The molecule has 0 unspecified atom stereocenters. The second-order valence-electron chi connectivity index (χ2n) is 6.83. The SMILES string of the molecule is O=C(CSCC(=O)N1CCN(Cc2ccc(Cl)cc2)CC1)Nc1ccc(F)cc1. The number of benzene rings is 2. The predicted octanol–water partition coefficient (Wildman–Crippen LogP) is 3.50. The number of nitrogens with zero attached hydrogens (tertiary/aromatic N) is 2. The minimum Gasteiger partial charge on any atom is -0.339 e. The van der Waals surface area contributed by atoms with E-state index in [1.165, 1.54) is 41.6 Å². The highest BCUT2D eigenvalue weighted by molar-refractivity contribution is 8.00. The third-order valence-corrected chi connectivity index (χ3v) is 5.80. The lowest BCUT2D eigenvalue weighted by Crippen LogP contribution is -2.48. The van der Waals surface area contributed by atoms with Crippen LogP contribution in [0.3, 0.4) is 0 Å². The van der Waals surface area contributed by atoms with Crippen LogP contribution in [0.15, 0.2) is 48.5 Å². The molecule has 1 fully saturated rings. The zero-order valence-electron chi connectivity index (χ0n) is 15.9. The van der Waals surface area contributed by atoms with Gasteiger partial charge in [-0.25, -0.2) is 4.39 Å². The number of piperazine rings is 1. The molecule has 1 aliphatic heterocycles. The van der Waals surface area contributed by atoms with Crippen molar-refractivity contribution in [2.75, 3.05) is 43.0 Å². The molecular formula is C21H23ClFN3O2S. The lowest BCUT2D eigenvalue weighted by Gasteiger charge is -2.34. The van der Waals surface area contributed by atoms with E-state index in [2.05, 4.69) is 10.2 Å². The Balaban J connectivity index is 1.33. The highest BCUT2D eigenvalue weighted by Crippen LogP contribution is 2.14. The molecule has 3 rings (SSSR count). The monoisotopic (exact) mass is 435 g/mol. The summed E-state index contributed by atoms with van der Waals surface area (Å²) in [4.78, 5) is 28.5. The van der Waals surface area contributed by atoms with E-state index >= 15 is 0 Å². The van der Waals surface area contributed by atoms with Gasteiger partial charge in [0.15, 0.2) is 0 Å². The molecule has 2 amide bonds. The molecular weight excluding hydrogens is 413 g/mol. The first-order chi connectivity index (χ1) is 14.0. The maximum atomic E-state index is 12.9. The number of amides is 2. The van der Waals surface area contributed by atoms with E-state index in [4.69, 9.17) is 11.6 Å². The van der Waals surface area contributed by atoms with E-state index in [-0.39, 0.29) is 29.1 Å². The summed E-state index contributed by atoms with van der Waals surface area (Å²) < 4.78 is 12.9. The van der Waals surface area contributed by atoms with Crippen molar-refractivity contribution in [3.63, 3.8) is 0 Å². The van der Waals surface area contributed by atoms with Gasteiger partial charge in [-0.05, 0) is 42.0 Å². The Labute approximate surface area is 179 Å². The normalized spacial score (nSPS) is 14.6. The van der Waals surface area contributed by atoms with Crippen LogP contribution in [0.5, 0.6) is 0 Å². The van der Waals surface area contributed by atoms with Gasteiger partial charge in [0.05, 0.1) is 11.5 Å².